The molecule has 0 atom stereocenters. The number of benzene rings is 1. The smallest absolute Gasteiger partial charge is 0.127 e. The van der Waals surface area contributed by atoms with E-state index in [-0.39, 0.29) is 0 Å². The van der Waals surface area contributed by atoms with Crippen LogP contribution in [-0.4, -0.2) is 27.3 Å². The van der Waals surface area contributed by atoms with E-state index in [4.69, 9.17) is 4.74 Å². The van der Waals surface area contributed by atoms with E-state index in [1.54, 1.807) is 13.3 Å². The molecule has 1 aromatic carbocycles. The van der Waals surface area contributed by atoms with Gasteiger partial charge in [-0.2, -0.15) is 5.10 Å². The predicted molar refractivity (Wildman–Crippen MR) is 87.2 cm³/mol. The number of fused-ring (bicyclic) bond motifs is 3. The summed E-state index contributed by atoms with van der Waals surface area (Å²) in [6.45, 7) is 4.02. The molecule has 4 aromatic rings. The van der Waals surface area contributed by atoms with Gasteiger partial charge in [-0.1, -0.05) is 0 Å². The van der Waals surface area contributed by atoms with Gasteiger partial charge in [0.1, 0.15) is 5.75 Å². The lowest BCUT2D eigenvalue weighted by atomic mass is 10.0. The van der Waals surface area contributed by atoms with Crippen molar-refractivity contribution in [1.29, 1.82) is 0 Å². The number of aryl methyl sites for hydroxylation is 2. The van der Waals surface area contributed by atoms with Crippen LogP contribution < -0.4 is 4.74 Å². The van der Waals surface area contributed by atoms with E-state index in [2.05, 4.69) is 32.3 Å². The third-order valence-corrected chi connectivity index (χ3v) is 4.12. The molecule has 0 aliphatic carbocycles. The highest BCUT2D eigenvalue weighted by atomic mass is 16.5. The largest absolute Gasteiger partial charge is 0.496 e. The zero-order chi connectivity index (χ0) is 15.3. The number of nitrogens with one attached hydrogen (secondary N) is 2. The summed E-state index contributed by atoms with van der Waals surface area (Å²) < 4.78 is 5.63. The van der Waals surface area contributed by atoms with E-state index in [1.165, 1.54) is 0 Å². The maximum Gasteiger partial charge on any atom is 0.127 e. The van der Waals surface area contributed by atoms with Gasteiger partial charge in [-0.05, 0) is 32.0 Å². The molecule has 0 aliphatic rings. The van der Waals surface area contributed by atoms with Gasteiger partial charge >= 0.3 is 0 Å². The van der Waals surface area contributed by atoms with E-state index in [0.717, 1.165) is 50.1 Å². The lowest BCUT2D eigenvalue weighted by Crippen LogP contribution is -1.90. The first-order valence-electron chi connectivity index (χ1n) is 7.14. The number of H-pyrrole nitrogens is 2. The van der Waals surface area contributed by atoms with Gasteiger partial charge < -0.3 is 9.72 Å². The number of ether oxygens (including phenoxy) is 1. The van der Waals surface area contributed by atoms with Crippen molar-refractivity contribution in [3.63, 3.8) is 0 Å². The van der Waals surface area contributed by atoms with E-state index < -0.39 is 0 Å². The molecule has 0 amide bonds. The van der Waals surface area contributed by atoms with Crippen molar-refractivity contribution in [2.24, 2.45) is 0 Å². The van der Waals surface area contributed by atoms with Crippen LogP contribution in [0.4, 0.5) is 0 Å². The number of aromatic nitrogens is 4. The van der Waals surface area contributed by atoms with Crippen LogP contribution in [0.3, 0.4) is 0 Å². The molecule has 0 radical (unpaired) electrons. The minimum Gasteiger partial charge on any atom is -0.496 e. The van der Waals surface area contributed by atoms with Crippen LogP contribution in [0.15, 0.2) is 30.6 Å². The molecular weight excluding hydrogens is 276 g/mol. The normalized spacial score (nSPS) is 11.4. The van der Waals surface area contributed by atoms with Crippen LogP contribution in [0, 0.1) is 13.8 Å². The highest BCUT2D eigenvalue weighted by Gasteiger charge is 2.16. The molecule has 5 heteroatoms. The van der Waals surface area contributed by atoms with Crippen LogP contribution in [-0.2, 0) is 0 Å². The Morgan fingerprint density at radius 1 is 1.09 bits per heavy atom. The number of rotatable bonds is 2. The van der Waals surface area contributed by atoms with Crippen molar-refractivity contribution >= 4 is 21.8 Å². The first-order chi connectivity index (χ1) is 10.7. The zero-order valence-corrected chi connectivity index (χ0v) is 12.7. The molecule has 0 saturated heterocycles. The monoisotopic (exact) mass is 292 g/mol. The van der Waals surface area contributed by atoms with Crippen molar-refractivity contribution in [3.05, 3.63) is 42.0 Å². The Bertz CT molecular complexity index is 977. The Hall–Kier alpha value is -2.82. The number of pyridine rings is 1. The summed E-state index contributed by atoms with van der Waals surface area (Å²) in [5, 5.41) is 9.54. The quantitative estimate of drug-likeness (QED) is 0.591. The molecule has 0 fully saturated rings. The third kappa shape index (κ3) is 1.72. The summed E-state index contributed by atoms with van der Waals surface area (Å²) in [7, 11) is 1.70. The van der Waals surface area contributed by atoms with Gasteiger partial charge in [0.05, 0.1) is 12.8 Å². The van der Waals surface area contributed by atoms with Crippen molar-refractivity contribution in [2.45, 2.75) is 13.8 Å². The van der Waals surface area contributed by atoms with Gasteiger partial charge in [0.25, 0.3) is 0 Å². The molecule has 22 heavy (non-hydrogen) atoms. The van der Waals surface area contributed by atoms with Crippen molar-refractivity contribution in [2.75, 3.05) is 7.11 Å². The van der Waals surface area contributed by atoms with Gasteiger partial charge in [-0.25, -0.2) is 0 Å². The first kappa shape index (κ1) is 12.9. The highest BCUT2D eigenvalue weighted by Crippen LogP contribution is 2.38. The minimum atomic E-state index is 0.838. The molecule has 3 aromatic heterocycles. The molecule has 4 rings (SSSR count). The second kappa shape index (κ2) is 4.59. The summed E-state index contributed by atoms with van der Waals surface area (Å²) in [4.78, 5) is 7.66. The summed E-state index contributed by atoms with van der Waals surface area (Å²) in [6.07, 6.45) is 3.67. The van der Waals surface area contributed by atoms with E-state index in [9.17, 15) is 0 Å². The Balaban J connectivity index is 2.09. The maximum atomic E-state index is 5.63. The fraction of sp³-hybridized carbons (Fsp3) is 0.176. The fourth-order valence-corrected chi connectivity index (χ4v) is 3.08. The Morgan fingerprint density at radius 2 is 1.95 bits per heavy atom. The lowest BCUT2D eigenvalue weighted by molar-refractivity contribution is 0.417. The van der Waals surface area contributed by atoms with Gasteiger partial charge in [-0.3, -0.25) is 10.1 Å². The molecule has 0 unspecified atom stereocenters. The average molecular weight is 292 g/mol. The predicted octanol–water partition coefficient (Wildman–Crippen LogP) is 3.73. The second-order valence-corrected chi connectivity index (χ2v) is 5.45. The van der Waals surface area contributed by atoms with Crippen molar-refractivity contribution in [3.8, 4) is 16.9 Å². The molecule has 5 nitrogen and oxygen atoms in total. The van der Waals surface area contributed by atoms with Gasteiger partial charge in [0.2, 0.25) is 0 Å². The van der Waals surface area contributed by atoms with Crippen LogP contribution in [0.5, 0.6) is 5.75 Å². The van der Waals surface area contributed by atoms with Crippen molar-refractivity contribution < 1.29 is 4.74 Å². The zero-order valence-electron chi connectivity index (χ0n) is 12.7. The number of hydrogen-bond donors (Lipinski definition) is 2. The van der Waals surface area contributed by atoms with Gasteiger partial charge in [0, 0.05) is 51.0 Å². The highest BCUT2D eigenvalue weighted by molar-refractivity contribution is 6.08. The van der Waals surface area contributed by atoms with Crippen molar-refractivity contribution in [1.82, 2.24) is 20.2 Å². The van der Waals surface area contributed by atoms with Gasteiger partial charge in [0.15, 0.2) is 0 Å². The molecule has 0 spiro atoms. The Morgan fingerprint density at radius 3 is 2.68 bits per heavy atom. The third-order valence-electron chi connectivity index (χ3n) is 4.12. The topological polar surface area (TPSA) is 66.6 Å². The molecule has 110 valence electrons. The molecular formula is C17H16N4O. The first-order valence-corrected chi connectivity index (χ1v) is 7.14. The summed E-state index contributed by atoms with van der Waals surface area (Å²) in [5.41, 5.74) is 6.28. The fourth-order valence-electron chi connectivity index (χ4n) is 3.08. The average Bonchev–Trinajstić information content (AvgIpc) is 3.05. The van der Waals surface area contributed by atoms with Crippen LogP contribution in [0.25, 0.3) is 32.9 Å². The summed E-state index contributed by atoms with van der Waals surface area (Å²) >= 11 is 0. The standard InChI is InChI=1S/C17H16N4O/c1-9-17(10(2)21-20-9)12-6-15-11(7-16(12)22-3)13-8-18-5-4-14(13)19-15/h4-8,19H,1-3H3,(H,20,21). The molecule has 0 saturated carbocycles. The number of methoxy groups -OCH3 is 1. The minimum absolute atomic E-state index is 0.838. The number of aromatic amines is 2. The molecule has 3 heterocycles. The maximum absolute atomic E-state index is 5.63. The lowest BCUT2D eigenvalue weighted by Gasteiger charge is -2.09. The Labute approximate surface area is 127 Å². The van der Waals surface area contributed by atoms with E-state index in [0.29, 0.717) is 0 Å². The number of nitrogens with zero attached hydrogens (tertiary/aromatic N) is 2. The molecule has 0 bridgehead atoms. The number of hydrogen-bond acceptors (Lipinski definition) is 3. The van der Waals surface area contributed by atoms with Crippen LogP contribution in [0.2, 0.25) is 0 Å². The van der Waals surface area contributed by atoms with E-state index >= 15 is 0 Å². The van der Waals surface area contributed by atoms with E-state index in [1.807, 2.05) is 26.1 Å². The Kier molecular flexibility index (Phi) is 2.69. The summed E-state index contributed by atoms with van der Waals surface area (Å²) in [6, 6.07) is 6.17. The second-order valence-electron chi connectivity index (χ2n) is 5.45. The summed E-state index contributed by atoms with van der Waals surface area (Å²) in [5.74, 6) is 0.838. The van der Waals surface area contributed by atoms with Crippen LogP contribution >= 0.6 is 0 Å². The van der Waals surface area contributed by atoms with Crippen LogP contribution in [0.1, 0.15) is 11.4 Å². The van der Waals surface area contributed by atoms with Gasteiger partial charge in [-0.15, -0.1) is 0 Å². The molecule has 0 aliphatic heterocycles. The SMILES string of the molecule is COc1cc2c(cc1-c1c(C)n[nH]c1C)[nH]c1ccncc12. The molecule has 2 N–H and O–H groups in total.